The van der Waals surface area contributed by atoms with Crippen LogP contribution in [0.1, 0.15) is 18.1 Å². The van der Waals surface area contributed by atoms with Crippen LogP contribution in [0.5, 0.6) is 0 Å². The summed E-state index contributed by atoms with van der Waals surface area (Å²) in [5, 5.41) is 0.732. The summed E-state index contributed by atoms with van der Waals surface area (Å²) in [6.07, 6.45) is 2.40. The van der Waals surface area contributed by atoms with Crippen molar-refractivity contribution >= 4 is 23.3 Å². The van der Waals surface area contributed by atoms with Gasteiger partial charge in [-0.1, -0.05) is 29.8 Å². The molecule has 1 amide bonds. The van der Waals surface area contributed by atoms with Crippen molar-refractivity contribution < 1.29 is 9.53 Å². The number of morpholine rings is 1. The Morgan fingerprint density at radius 3 is 2.59 bits per heavy atom. The molecule has 154 valence electrons. The third kappa shape index (κ3) is 5.26. The smallest absolute Gasteiger partial charge is 0.223 e. The summed E-state index contributed by atoms with van der Waals surface area (Å²) in [5.41, 5.74) is 1.14. The molecule has 6 nitrogen and oxygen atoms in total. The molecule has 2 aliphatic rings. The lowest BCUT2D eigenvalue weighted by Crippen LogP contribution is -2.49. The Balaban J connectivity index is 1.23. The van der Waals surface area contributed by atoms with Gasteiger partial charge >= 0.3 is 0 Å². The number of hydrogen-bond acceptors (Lipinski definition) is 5. The van der Waals surface area contributed by atoms with E-state index >= 15 is 0 Å². The van der Waals surface area contributed by atoms with E-state index in [0.717, 1.165) is 62.2 Å². The Hall–Kier alpha value is -2.15. The van der Waals surface area contributed by atoms with Gasteiger partial charge in [-0.15, -0.1) is 0 Å². The van der Waals surface area contributed by atoms with Gasteiger partial charge in [0, 0.05) is 63.5 Å². The average molecular weight is 415 g/mol. The Morgan fingerprint density at radius 2 is 1.86 bits per heavy atom. The average Bonchev–Trinajstić information content (AvgIpc) is 2.79. The first-order valence-electron chi connectivity index (χ1n) is 10.2. The molecule has 0 aliphatic carbocycles. The number of anilines is 1. The maximum Gasteiger partial charge on any atom is 0.223 e. The zero-order chi connectivity index (χ0) is 20.1. The van der Waals surface area contributed by atoms with Gasteiger partial charge in [0.2, 0.25) is 5.91 Å². The fourth-order valence-electron chi connectivity index (χ4n) is 3.92. The quantitative estimate of drug-likeness (QED) is 0.753. The molecule has 2 aliphatic heterocycles. The number of ether oxygens (including phenoxy) is 1. The molecular formula is C22H27ClN4O2. The molecular weight excluding hydrogens is 388 g/mol. The van der Waals surface area contributed by atoms with E-state index in [9.17, 15) is 4.79 Å². The van der Waals surface area contributed by atoms with E-state index in [1.165, 1.54) is 0 Å². The highest BCUT2D eigenvalue weighted by Crippen LogP contribution is 2.24. The van der Waals surface area contributed by atoms with Crippen LogP contribution in [0.25, 0.3) is 0 Å². The minimum Gasteiger partial charge on any atom is -0.371 e. The highest BCUT2D eigenvalue weighted by atomic mass is 35.5. The molecule has 2 saturated heterocycles. The Morgan fingerprint density at radius 1 is 1.07 bits per heavy atom. The maximum atomic E-state index is 12.7. The largest absolute Gasteiger partial charge is 0.371 e. The first kappa shape index (κ1) is 20.1. The fourth-order valence-corrected chi connectivity index (χ4v) is 4.05. The first-order valence-corrected chi connectivity index (χ1v) is 10.6. The zero-order valence-electron chi connectivity index (χ0n) is 16.5. The van der Waals surface area contributed by atoms with Crippen LogP contribution >= 0.6 is 11.6 Å². The van der Waals surface area contributed by atoms with E-state index in [0.29, 0.717) is 13.0 Å². The molecule has 1 atom stereocenters. The molecule has 0 spiro atoms. The number of piperazine rings is 1. The number of benzene rings is 1. The lowest BCUT2D eigenvalue weighted by atomic mass is 10.1. The summed E-state index contributed by atoms with van der Waals surface area (Å²) in [6.45, 7) is 6.31. The van der Waals surface area contributed by atoms with E-state index in [1.54, 1.807) is 0 Å². The van der Waals surface area contributed by atoms with E-state index in [1.807, 2.05) is 53.6 Å². The summed E-state index contributed by atoms with van der Waals surface area (Å²) in [5.74, 6) is 1.22. The second-order valence-electron chi connectivity index (χ2n) is 7.52. The van der Waals surface area contributed by atoms with Gasteiger partial charge < -0.3 is 14.5 Å². The van der Waals surface area contributed by atoms with Gasteiger partial charge in [0.1, 0.15) is 5.82 Å². The minimum absolute atomic E-state index is 0.0398. The molecule has 3 heterocycles. The van der Waals surface area contributed by atoms with Crippen LogP contribution in [0.4, 0.5) is 5.82 Å². The van der Waals surface area contributed by atoms with Crippen molar-refractivity contribution in [2.45, 2.75) is 12.5 Å². The van der Waals surface area contributed by atoms with Crippen molar-refractivity contribution in [3.63, 3.8) is 0 Å². The van der Waals surface area contributed by atoms with Crippen LogP contribution in [0.2, 0.25) is 5.02 Å². The summed E-state index contributed by atoms with van der Waals surface area (Å²) in [6, 6.07) is 13.8. The van der Waals surface area contributed by atoms with Crippen LogP contribution in [0.15, 0.2) is 48.7 Å². The molecule has 1 aromatic carbocycles. The zero-order valence-corrected chi connectivity index (χ0v) is 17.3. The van der Waals surface area contributed by atoms with Crippen LogP contribution in [-0.2, 0) is 9.53 Å². The molecule has 4 rings (SSSR count). The highest BCUT2D eigenvalue weighted by Gasteiger charge is 2.25. The molecule has 0 N–H and O–H groups in total. The first-order chi connectivity index (χ1) is 14.2. The van der Waals surface area contributed by atoms with Crippen LogP contribution < -0.4 is 4.90 Å². The molecule has 7 heteroatoms. The van der Waals surface area contributed by atoms with Gasteiger partial charge in [0.05, 0.1) is 12.7 Å². The van der Waals surface area contributed by atoms with Gasteiger partial charge in [0.15, 0.2) is 0 Å². The summed E-state index contributed by atoms with van der Waals surface area (Å²) in [7, 11) is 0. The number of aromatic nitrogens is 1. The Bertz CT molecular complexity index is 794. The molecule has 0 unspecified atom stereocenters. The van der Waals surface area contributed by atoms with Gasteiger partial charge in [-0.05, 0) is 29.8 Å². The monoisotopic (exact) mass is 414 g/mol. The molecule has 0 bridgehead atoms. The number of pyridine rings is 1. The molecule has 0 radical (unpaired) electrons. The van der Waals surface area contributed by atoms with E-state index < -0.39 is 0 Å². The molecule has 1 aromatic heterocycles. The highest BCUT2D eigenvalue weighted by molar-refractivity contribution is 6.30. The van der Waals surface area contributed by atoms with Crippen molar-refractivity contribution in [1.82, 2.24) is 14.8 Å². The standard InChI is InChI=1S/C22H27ClN4O2/c23-19-6-4-18(5-7-19)20-17-25(15-16-29-20)10-8-22(28)27-13-11-26(12-14-27)21-3-1-2-9-24-21/h1-7,9,20H,8,10-17H2/t20-/m0/s1. The van der Waals surface area contributed by atoms with Gasteiger partial charge in [-0.2, -0.15) is 0 Å². The van der Waals surface area contributed by atoms with Gasteiger partial charge in [0.25, 0.3) is 0 Å². The van der Waals surface area contributed by atoms with Gasteiger partial charge in [-0.3, -0.25) is 9.69 Å². The lowest BCUT2D eigenvalue weighted by molar-refractivity contribution is -0.132. The van der Waals surface area contributed by atoms with Crippen molar-refractivity contribution in [1.29, 1.82) is 0 Å². The molecule has 0 saturated carbocycles. The molecule has 29 heavy (non-hydrogen) atoms. The number of halogens is 1. The lowest BCUT2D eigenvalue weighted by Gasteiger charge is -2.36. The number of rotatable bonds is 5. The second kappa shape index (κ2) is 9.57. The van der Waals surface area contributed by atoms with Crippen molar-refractivity contribution in [2.24, 2.45) is 0 Å². The van der Waals surface area contributed by atoms with Crippen molar-refractivity contribution in [2.75, 3.05) is 57.3 Å². The third-order valence-corrected chi connectivity index (χ3v) is 5.89. The van der Waals surface area contributed by atoms with E-state index in [4.69, 9.17) is 16.3 Å². The SMILES string of the molecule is O=C(CCN1CCO[C@H](c2ccc(Cl)cc2)C1)N1CCN(c2ccccn2)CC1. The summed E-state index contributed by atoms with van der Waals surface area (Å²) in [4.78, 5) is 23.6. The summed E-state index contributed by atoms with van der Waals surface area (Å²) >= 11 is 5.98. The number of carbonyl (C=O) groups is 1. The van der Waals surface area contributed by atoms with E-state index in [-0.39, 0.29) is 12.0 Å². The van der Waals surface area contributed by atoms with Crippen molar-refractivity contribution in [3.05, 3.63) is 59.2 Å². The van der Waals surface area contributed by atoms with Crippen LogP contribution in [0.3, 0.4) is 0 Å². The minimum atomic E-state index is 0.0398. The van der Waals surface area contributed by atoms with Gasteiger partial charge in [-0.25, -0.2) is 4.98 Å². The number of carbonyl (C=O) groups excluding carboxylic acids is 1. The normalized spacial score (nSPS) is 20.7. The number of nitrogens with zero attached hydrogens (tertiary/aromatic N) is 4. The number of amides is 1. The molecule has 2 fully saturated rings. The Labute approximate surface area is 177 Å². The fraction of sp³-hybridized carbons (Fsp3) is 0.455. The predicted octanol–water partition coefficient (Wildman–Crippen LogP) is 2.85. The maximum absolute atomic E-state index is 12.7. The Kier molecular flexibility index (Phi) is 6.64. The van der Waals surface area contributed by atoms with Crippen LogP contribution in [0, 0.1) is 0 Å². The van der Waals surface area contributed by atoms with Crippen molar-refractivity contribution in [3.8, 4) is 0 Å². The second-order valence-corrected chi connectivity index (χ2v) is 7.95. The third-order valence-electron chi connectivity index (χ3n) is 5.64. The molecule has 2 aromatic rings. The summed E-state index contributed by atoms with van der Waals surface area (Å²) < 4.78 is 5.92. The predicted molar refractivity (Wildman–Crippen MR) is 114 cm³/mol. The van der Waals surface area contributed by atoms with Crippen LogP contribution in [-0.4, -0.2) is 73.1 Å². The number of hydrogen-bond donors (Lipinski definition) is 0. The topological polar surface area (TPSA) is 48.9 Å². The van der Waals surface area contributed by atoms with E-state index in [2.05, 4.69) is 14.8 Å².